The fraction of sp³-hybridized carbons (Fsp3) is 0.682. The molecule has 29 heavy (non-hydrogen) atoms. The molecule has 1 aromatic carbocycles. The molecule has 0 atom stereocenters. The second-order valence-corrected chi connectivity index (χ2v) is 12.0. The zero-order chi connectivity index (χ0) is 20.8. The molecule has 0 aromatic heterocycles. The Bertz CT molecular complexity index is 864. The van der Waals surface area contributed by atoms with Crippen LogP contribution in [-0.2, 0) is 14.8 Å². The Morgan fingerprint density at radius 2 is 1.76 bits per heavy atom. The van der Waals surface area contributed by atoms with Gasteiger partial charge in [-0.1, -0.05) is 17.7 Å². The zero-order valence-electron chi connectivity index (χ0n) is 17.3. The van der Waals surface area contributed by atoms with Gasteiger partial charge in [0.05, 0.1) is 11.9 Å². The number of aryl methyl sites for hydroxylation is 1. The number of rotatable bonds is 7. The summed E-state index contributed by atoms with van der Waals surface area (Å²) in [6.07, 6.45) is 9.44. The third-order valence-electron chi connectivity index (χ3n) is 7.05. The van der Waals surface area contributed by atoms with Crippen LogP contribution >= 0.6 is 11.6 Å². The van der Waals surface area contributed by atoms with Crippen LogP contribution in [0.15, 0.2) is 18.2 Å². The maximum atomic E-state index is 12.7. The summed E-state index contributed by atoms with van der Waals surface area (Å²) in [7, 11) is -3.46. The Kier molecular flexibility index (Phi) is 5.62. The van der Waals surface area contributed by atoms with Crippen LogP contribution in [0.4, 0.5) is 5.69 Å². The maximum Gasteiger partial charge on any atom is 0.232 e. The number of halogens is 1. The molecule has 4 aliphatic carbocycles. The van der Waals surface area contributed by atoms with E-state index in [4.69, 9.17) is 11.6 Å². The van der Waals surface area contributed by atoms with E-state index in [1.165, 1.54) is 29.8 Å². The first kappa shape index (κ1) is 21.0. The predicted molar refractivity (Wildman–Crippen MR) is 117 cm³/mol. The van der Waals surface area contributed by atoms with E-state index < -0.39 is 10.0 Å². The van der Waals surface area contributed by atoms with E-state index >= 15 is 0 Å². The van der Waals surface area contributed by atoms with Gasteiger partial charge in [0.15, 0.2) is 0 Å². The molecule has 0 heterocycles. The van der Waals surface area contributed by atoms with Crippen LogP contribution in [0.25, 0.3) is 0 Å². The predicted octanol–water partition coefficient (Wildman–Crippen LogP) is 4.28. The SMILES string of the molecule is Cc1ccc(Cl)cc1N(CCCC(=O)NC12CC3CC(CC(C3)C1)C2)S(C)(=O)=O. The minimum absolute atomic E-state index is 0.00585. The highest BCUT2D eigenvalue weighted by Gasteiger charge is 2.51. The van der Waals surface area contributed by atoms with Crippen LogP contribution in [0.2, 0.25) is 5.02 Å². The topological polar surface area (TPSA) is 66.5 Å². The van der Waals surface area contributed by atoms with Crippen LogP contribution < -0.4 is 9.62 Å². The molecule has 160 valence electrons. The summed E-state index contributed by atoms with van der Waals surface area (Å²) < 4.78 is 26.1. The highest BCUT2D eigenvalue weighted by molar-refractivity contribution is 7.92. The van der Waals surface area contributed by atoms with Crippen molar-refractivity contribution >= 4 is 33.2 Å². The molecule has 4 fully saturated rings. The van der Waals surface area contributed by atoms with Crippen LogP contribution in [-0.4, -0.2) is 32.7 Å². The lowest BCUT2D eigenvalue weighted by molar-refractivity contribution is -0.126. The average Bonchev–Trinajstić information content (AvgIpc) is 2.58. The number of amides is 1. The second kappa shape index (κ2) is 7.77. The first-order valence-corrected chi connectivity index (χ1v) is 12.9. The number of carbonyl (C=O) groups excluding carboxylic acids is 1. The van der Waals surface area contributed by atoms with Crippen molar-refractivity contribution < 1.29 is 13.2 Å². The number of nitrogens with zero attached hydrogens (tertiary/aromatic N) is 1. The van der Waals surface area contributed by atoms with E-state index in [0.29, 0.717) is 23.6 Å². The number of sulfonamides is 1. The summed E-state index contributed by atoms with van der Waals surface area (Å²) in [6, 6.07) is 5.24. The monoisotopic (exact) mass is 438 g/mol. The van der Waals surface area contributed by atoms with Crippen molar-refractivity contribution in [2.75, 3.05) is 17.1 Å². The molecular weight excluding hydrogens is 408 g/mol. The Labute approximate surface area is 179 Å². The Morgan fingerprint density at radius 3 is 2.31 bits per heavy atom. The fourth-order valence-electron chi connectivity index (χ4n) is 6.32. The van der Waals surface area contributed by atoms with Crippen molar-refractivity contribution in [2.45, 2.75) is 63.8 Å². The molecule has 0 unspecified atom stereocenters. The van der Waals surface area contributed by atoms with Crippen molar-refractivity contribution in [3.05, 3.63) is 28.8 Å². The third-order valence-corrected chi connectivity index (χ3v) is 8.46. The van der Waals surface area contributed by atoms with Crippen molar-refractivity contribution in [1.29, 1.82) is 0 Å². The second-order valence-electron chi connectivity index (χ2n) is 9.62. The lowest BCUT2D eigenvalue weighted by Gasteiger charge is -2.56. The molecule has 0 aliphatic heterocycles. The number of anilines is 1. The van der Waals surface area contributed by atoms with Gasteiger partial charge in [0.25, 0.3) is 0 Å². The van der Waals surface area contributed by atoms with Gasteiger partial charge in [0.2, 0.25) is 15.9 Å². The summed E-state index contributed by atoms with van der Waals surface area (Å²) in [4.78, 5) is 12.7. The van der Waals surface area contributed by atoms with Gasteiger partial charge in [0, 0.05) is 23.5 Å². The van der Waals surface area contributed by atoms with E-state index in [2.05, 4.69) is 5.32 Å². The largest absolute Gasteiger partial charge is 0.351 e. The molecule has 0 radical (unpaired) electrons. The lowest BCUT2D eigenvalue weighted by Crippen LogP contribution is -2.59. The summed E-state index contributed by atoms with van der Waals surface area (Å²) in [5.41, 5.74) is 1.44. The summed E-state index contributed by atoms with van der Waals surface area (Å²) in [6.45, 7) is 2.14. The normalized spacial score (nSPS) is 30.4. The van der Waals surface area contributed by atoms with Crippen LogP contribution in [0.1, 0.15) is 56.9 Å². The van der Waals surface area contributed by atoms with Gasteiger partial charge in [-0.3, -0.25) is 9.10 Å². The molecule has 1 aromatic rings. The molecule has 4 bridgehead atoms. The van der Waals surface area contributed by atoms with E-state index in [1.807, 2.05) is 13.0 Å². The van der Waals surface area contributed by atoms with E-state index in [9.17, 15) is 13.2 Å². The van der Waals surface area contributed by atoms with Gasteiger partial charge < -0.3 is 5.32 Å². The van der Waals surface area contributed by atoms with E-state index in [0.717, 1.165) is 42.6 Å². The Hall–Kier alpha value is -1.27. The van der Waals surface area contributed by atoms with Crippen molar-refractivity contribution in [1.82, 2.24) is 5.32 Å². The number of hydrogen-bond acceptors (Lipinski definition) is 3. The summed E-state index contributed by atoms with van der Waals surface area (Å²) in [5.74, 6) is 2.41. The Balaban J connectivity index is 1.37. The number of benzene rings is 1. The van der Waals surface area contributed by atoms with Crippen molar-refractivity contribution in [2.24, 2.45) is 17.8 Å². The van der Waals surface area contributed by atoms with Crippen molar-refractivity contribution in [3.63, 3.8) is 0 Å². The number of carbonyl (C=O) groups is 1. The first-order valence-electron chi connectivity index (χ1n) is 10.7. The third kappa shape index (κ3) is 4.58. The van der Waals surface area contributed by atoms with Crippen molar-refractivity contribution in [3.8, 4) is 0 Å². The molecule has 0 spiro atoms. The average molecular weight is 439 g/mol. The first-order chi connectivity index (χ1) is 13.6. The quantitative estimate of drug-likeness (QED) is 0.690. The molecule has 5 rings (SSSR count). The Morgan fingerprint density at radius 1 is 1.17 bits per heavy atom. The standard InChI is InChI=1S/C22H31ClN2O3S/c1-15-5-6-19(23)11-20(15)25(29(2,27)28)7-3-4-21(26)24-22-12-16-8-17(13-22)10-18(9-16)14-22/h5-6,11,16-18H,3-4,7-10,12-14H2,1-2H3,(H,24,26). The van der Waals surface area contributed by atoms with Gasteiger partial charge in [-0.2, -0.15) is 0 Å². The van der Waals surface area contributed by atoms with Gasteiger partial charge in [-0.05, 0) is 87.3 Å². The minimum atomic E-state index is -3.46. The van der Waals surface area contributed by atoms with Gasteiger partial charge >= 0.3 is 0 Å². The smallest absolute Gasteiger partial charge is 0.232 e. The van der Waals surface area contributed by atoms with Gasteiger partial charge in [-0.15, -0.1) is 0 Å². The fourth-order valence-corrected chi connectivity index (χ4v) is 7.50. The molecule has 0 saturated heterocycles. The summed E-state index contributed by atoms with van der Waals surface area (Å²) in [5, 5.41) is 3.87. The molecule has 5 nitrogen and oxygen atoms in total. The molecule has 4 aliphatic rings. The molecule has 4 saturated carbocycles. The number of nitrogens with one attached hydrogen (secondary N) is 1. The van der Waals surface area contributed by atoms with Crippen LogP contribution in [0.5, 0.6) is 0 Å². The molecule has 1 N–H and O–H groups in total. The highest BCUT2D eigenvalue weighted by atomic mass is 35.5. The maximum absolute atomic E-state index is 12.7. The van der Waals surface area contributed by atoms with E-state index in [-0.39, 0.29) is 18.0 Å². The zero-order valence-corrected chi connectivity index (χ0v) is 18.9. The lowest BCUT2D eigenvalue weighted by atomic mass is 9.53. The summed E-state index contributed by atoms with van der Waals surface area (Å²) >= 11 is 6.08. The number of hydrogen-bond donors (Lipinski definition) is 1. The van der Waals surface area contributed by atoms with Crippen LogP contribution in [0.3, 0.4) is 0 Å². The van der Waals surface area contributed by atoms with Gasteiger partial charge in [-0.25, -0.2) is 8.42 Å². The molecular formula is C22H31ClN2O3S. The highest BCUT2D eigenvalue weighted by Crippen LogP contribution is 2.55. The minimum Gasteiger partial charge on any atom is -0.351 e. The molecule has 7 heteroatoms. The van der Waals surface area contributed by atoms with Gasteiger partial charge in [0.1, 0.15) is 0 Å². The van der Waals surface area contributed by atoms with E-state index in [1.54, 1.807) is 12.1 Å². The van der Waals surface area contributed by atoms with Crippen LogP contribution in [0, 0.1) is 24.7 Å². The molecule has 1 amide bonds.